The van der Waals surface area contributed by atoms with Crippen LogP contribution in [0, 0.1) is 5.82 Å². The number of hydrogen-bond donors (Lipinski definition) is 1. The fourth-order valence-corrected chi connectivity index (χ4v) is 3.66. The van der Waals surface area contributed by atoms with E-state index in [4.69, 9.17) is 10.5 Å². The Bertz CT molecular complexity index is 935. The van der Waals surface area contributed by atoms with Crippen LogP contribution in [0.5, 0.6) is 0 Å². The van der Waals surface area contributed by atoms with E-state index < -0.39 is 0 Å². The highest BCUT2D eigenvalue weighted by molar-refractivity contribution is 5.90. The van der Waals surface area contributed by atoms with Crippen LogP contribution in [-0.4, -0.2) is 55.1 Å². The van der Waals surface area contributed by atoms with Crippen molar-refractivity contribution in [2.45, 2.75) is 25.3 Å². The first kappa shape index (κ1) is 20.1. The average Bonchev–Trinajstić information content (AvgIpc) is 3.63. The lowest BCUT2D eigenvalue weighted by Crippen LogP contribution is -2.51. The molecular formula is C22H26FN5O2. The Morgan fingerprint density at radius 3 is 2.50 bits per heavy atom. The zero-order valence-electron chi connectivity index (χ0n) is 17.1. The van der Waals surface area contributed by atoms with Crippen LogP contribution in [-0.2, 0) is 11.3 Å². The number of nitrogens with two attached hydrogens (primary N) is 1. The molecule has 1 aliphatic carbocycles. The van der Waals surface area contributed by atoms with Crippen molar-refractivity contribution in [2.75, 3.05) is 38.2 Å². The molecule has 0 amide bonds. The minimum Gasteiger partial charge on any atom is -0.465 e. The predicted molar refractivity (Wildman–Crippen MR) is 113 cm³/mol. The van der Waals surface area contributed by atoms with E-state index in [1.165, 1.54) is 19.2 Å². The molecule has 1 aliphatic heterocycles. The highest BCUT2D eigenvalue weighted by atomic mass is 19.1. The van der Waals surface area contributed by atoms with Gasteiger partial charge in [0.05, 0.1) is 30.6 Å². The second-order valence-corrected chi connectivity index (χ2v) is 7.63. The molecule has 30 heavy (non-hydrogen) atoms. The van der Waals surface area contributed by atoms with Crippen LogP contribution in [0.3, 0.4) is 0 Å². The molecule has 0 spiro atoms. The molecular weight excluding hydrogens is 385 g/mol. The molecule has 4 rings (SSSR count). The Morgan fingerprint density at radius 2 is 1.87 bits per heavy atom. The van der Waals surface area contributed by atoms with Gasteiger partial charge in [0.2, 0.25) is 0 Å². The van der Waals surface area contributed by atoms with Gasteiger partial charge in [-0.1, -0.05) is 0 Å². The number of methoxy groups -OCH3 is 1. The first-order valence-corrected chi connectivity index (χ1v) is 10.2. The number of benzene rings is 1. The van der Waals surface area contributed by atoms with Crippen LogP contribution in [0.4, 0.5) is 10.1 Å². The Balaban J connectivity index is 1.37. The minimum atomic E-state index is -0.349. The first-order valence-electron chi connectivity index (χ1n) is 10.2. The number of aliphatic imine (C=N–C) groups is 1. The number of pyridine rings is 1. The smallest absolute Gasteiger partial charge is 0.339 e. The summed E-state index contributed by atoms with van der Waals surface area (Å²) in [5.74, 6) is 0.241. The average molecular weight is 411 g/mol. The van der Waals surface area contributed by atoms with Gasteiger partial charge in [-0.2, -0.15) is 0 Å². The number of halogens is 1. The van der Waals surface area contributed by atoms with Gasteiger partial charge in [0.15, 0.2) is 5.96 Å². The number of carbonyl (C=O) groups excluding carboxylic acids is 1. The van der Waals surface area contributed by atoms with Crippen molar-refractivity contribution in [3.63, 3.8) is 0 Å². The SMILES string of the molecule is COC(=O)c1ccc(CN=C(N)N2CCN(c3ccc(F)cc3)CC2)nc1C1CC1. The van der Waals surface area contributed by atoms with E-state index in [1.807, 2.05) is 4.90 Å². The third kappa shape index (κ3) is 4.53. The zero-order chi connectivity index (χ0) is 21.1. The molecule has 1 aromatic carbocycles. The van der Waals surface area contributed by atoms with Gasteiger partial charge in [0.25, 0.3) is 0 Å². The lowest BCUT2D eigenvalue weighted by atomic mass is 10.1. The number of hydrogen-bond acceptors (Lipinski definition) is 5. The summed E-state index contributed by atoms with van der Waals surface area (Å²) in [4.78, 5) is 25.4. The van der Waals surface area contributed by atoms with Crippen molar-refractivity contribution in [3.05, 3.63) is 59.2 Å². The van der Waals surface area contributed by atoms with Crippen molar-refractivity contribution in [2.24, 2.45) is 10.7 Å². The third-order valence-corrected chi connectivity index (χ3v) is 5.55. The molecule has 0 atom stereocenters. The van der Waals surface area contributed by atoms with E-state index in [-0.39, 0.29) is 11.8 Å². The first-order chi connectivity index (χ1) is 14.5. The number of esters is 1. The van der Waals surface area contributed by atoms with Crippen molar-refractivity contribution >= 4 is 17.6 Å². The van der Waals surface area contributed by atoms with E-state index in [0.717, 1.165) is 56.1 Å². The molecule has 158 valence electrons. The summed E-state index contributed by atoms with van der Waals surface area (Å²) in [6, 6.07) is 10.1. The summed E-state index contributed by atoms with van der Waals surface area (Å²) in [6.07, 6.45) is 2.09. The molecule has 1 saturated heterocycles. The summed E-state index contributed by atoms with van der Waals surface area (Å²) < 4.78 is 18.0. The number of anilines is 1. The topological polar surface area (TPSA) is 84.0 Å². The number of guanidine groups is 1. The number of carbonyl (C=O) groups is 1. The normalized spacial score (nSPS) is 17.2. The van der Waals surface area contributed by atoms with Gasteiger partial charge in [-0.05, 0) is 49.2 Å². The van der Waals surface area contributed by atoms with Gasteiger partial charge in [-0.25, -0.2) is 14.2 Å². The number of nitrogens with zero attached hydrogens (tertiary/aromatic N) is 4. The Morgan fingerprint density at radius 1 is 1.17 bits per heavy atom. The summed E-state index contributed by atoms with van der Waals surface area (Å²) in [5.41, 5.74) is 9.36. The lowest BCUT2D eigenvalue weighted by Gasteiger charge is -2.36. The monoisotopic (exact) mass is 411 g/mol. The molecule has 0 unspecified atom stereocenters. The van der Waals surface area contributed by atoms with E-state index in [9.17, 15) is 9.18 Å². The van der Waals surface area contributed by atoms with Crippen molar-refractivity contribution in [1.29, 1.82) is 0 Å². The lowest BCUT2D eigenvalue weighted by molar-refractivity contribution is 0.0598. The maximum absolute atomic E-state index is 13.1. The van der Waals surface area contributed by atoms with Crippen molar-refractivity contribution in [1.82, 2.24) is 9.88 Å². The van der Waals surface area contributed by atoms with Crippen LogP contribution < -0.4 is 10.6 Å². The van der Waals surface area contributed by atoms with Crippen LogP contribution in [0.15, 0.2) is 41.4 Å². The molecule has 2 heterocycles. The quantitative estimate of drug-likeness (QED) is 0.462. The molecule has 2 aromatic rings. The van der Waals surface area contributed by atoms with Crippen molar-refractivity contribution in [3.8, 4) is 0 Å². The van der Waals surface area contributed by atoms with Gasteiger partial charge in [0, 0.05) is 37.8 Å². The van der Waals surface area contributed by atoms with Gasteiger partial charge < -0.3 is 20.3 Å². The minimum absolute atomic E-state index is 0.230. The number of rotatable bonds is 5. The fourth-order valence-electron chi connectivity index (χ4n) is 3.66. The molecule has 1 aromatic heterocycles. The number of piperazine rings is 1. The molecule has 0 bridgehead atoms. The standard InChI is InChI=1S/C22H26FN5O2/c1-30-21(29)19-9-6-17(26-20(19)15-2-3-15)14-25-22(24)28-12-10-27(11-13-28)18-7-4-16(23)5-8-18/h4-9,15H,2-3,10-14H2,1H3,(H2,24,25). The van der Waals surface area contributed by atoms with Crippen LogP contribution >= 0.6 is 0 Å². The van der Waals surface area contributed by atoms with Gasteiger partial charge >= 0.3 is 5.97 Å². The summed E-state index contributed by atoms with van der Waals surface area (Å²) in [6.45, 7) is 3.44. The summed E-state index contributed by atoms with van der Waals surface area (Å²) in [7, 11) is 1.38. The second kappa shape index (κ2) is 8.69. The van der Waals surface area contributed by atoms with Crippen LogP contribution in [0.2, 0.25) is 0 Å². The van der Waals surface area contributed by atoms with Gasteiger partial charge in [0.1, 0.15) is 5.82 Å². The molecule has 8 heteroatoms. The summed E-state index contributed by atoms with van der Waals surface area (Å²) >= 11 is 0. The zero-order valence-corrected chi connectivity index (χ0v) is 17.1. The molecule has 2 N–H and O–H groups in total. The highest BCUT2D eigenvalue weighted by Crippen LogP contribution is 2.40. The van der Waals surface area contributed by atoms with Crippen LogP contribution in [0.1, 0.15) is 40.5 Å². The third-order valence-electron chi connectivity index (χ3n) is 5.55. The molecule has 7 nitrogen and oxygen atoms in total. The van der Waals surface area contributed by atoms with Gasteiger partial charge in [-0.3, -0.25) is 4.98 Å². The van der Waals surface area contributed by atoms with E-state index in [1.54, 1.807) is 24.3 Å². The predicted octanol–water partition coefficient (Wildman–Crippen LogP) is 2.52. The Hall–Kier alpha value is -3.16. The summed E-state index contributed by atoms with van der Waals surface area (Å²) in [5, 5.41) is 0. The van der Waals surface area contributed by atoms with E-state index >= 15 is 0 Å². The van der Waals surface area contributed by atoms with E-state index in [2.05, 4.69) is 14.9 Å². The fraction of sp³-hybridized carbons (Fsp3) is 0.409. The molecule has 1 saturated carbocycles. The molecule has 2 fully saturated rings. The number of aromatic nitrogens is 1. The molecule has 0 radical (unpaired) electrons. The maximum atomic E-state index is 13.1. The Kier molecular flexibility index (Phi) is 5.83. The van der Waals surface area contributed by atoms with E-state index in [0.29, 0.717) is 24.0 Å². The van der Waals surface area contributed by atoms with Crippen LogP contribution in [0.25, 0.3) is 0 Å². The van der Waals surface area contributed by atoms with Gasteiger partial charge in [-0.15, -0.1) is 0 Å². The Labute approximate surface area is 175 Å². The largest absolute Gasteiger partial charge is 0.465 e. The number of ether oxygens (including phenoxy) is 1. The highest BCUT2D eigenvalue weighted by Gasteiger charge is 2.30. The molecule has 2 aliphatic rings. The second-order valence-electron chi connectivity index (χ2n) is 7.63. The van der Waals surface area contributed by atoms with Crippen molar-refractivity contribution < 1.29 is 13.9 Å². The maximum Gasteiger partial charge on any atom is 0.339 e.